The highest BCUT2D eigenvalue weighted by Gasteiger charge is 2.58. The van der Waals surface area contributed by atoms with E-state index in [2.05, 4.69) is 13.5 Å². The summed E-state index contributed by atoms with van der Waals surface area (Å²) in [5, 5.41) is 0. The van der Waals surface area contributed by atoms with Gasteiger partial charge in [-0.25, -0.2) is 0 Å². The van der Waals surface area contributed by atoms with Crippen molar-refractivity contribution in [3.63, 3.8) is 0 Å². The summed E-state index contributed by atoms with van der Waals surface area (Å²) in [6.45, 7) is 10.6. The van der Waals surface area contributed by atoms with E-state index < -0.39 is 0 Å². The number of allylic oxidation sites excluding steroid dienone is 1. The van der Waals surface area contributed by atoms with E-state index in [1.165, 1.54) is 31.3 Å². The van der Waals surface area contributed by atoms with Crippen molar-refractivity contribution in [2.24, 2.45) is 11.3 Å². The smallest absolute Gasteiger partial charge is 0.0878 e. The third-order valence-electron chi connectivity index (χ3n) is 4.35. The molecule has 2 saturated carbocycles. The van der Waals surface area contributed by atoms with Crippen molar-refractivity contribution in [3.8, 4) is 0 Å². The van der Waals surface area contributed by atoms with Crippen LogP contribution in [-0.2, 0) is 4.74 Å². The van der Waals surface area contributed by atoms with E-state index in [9.17, 15) is 0 Å². The Labute approximate surface area is 87.5 Å². The summed E-state index contributed by atoms with van der Waals surface area (Å²) in [6.07, 6.45) is 6.41. The summed E-state index contributed by atoms with van der Waals surface area (Å²) in [6, 6.07) is 0. The molecule has 0 aromatic heterocycles. The van der Waals surface area contributed by atoms with E-state index in [1.807, 2.05) is 13.8 Å². The van der Waals surface area contributed by atoms with Gasteiger partial charge in [-0.05, 0) is 37.0 Å². The average molecular weight is 194 g/mol. The van der Waals surface area contributed by atoms with Crippen molar-refractivity contribution in [1.29, 1.82) is 0 Å². The third kappa shape index (κ3) is 1.25. The van der Waals surface area contributed by atoms with Gasteiger partial charge in [-0.15, -0.1) is 0 Å². The lowest BCUT2D eigenvalue weighted by Gasteiger charge is -2.34. The van der Waals surface area contributed by atoms with Crippen LogP contribution in [0.5, 0.6) is 0 Å². The number of hydrogen-bond donors (Lipinski definition) is 0. The Kier molecular flexibility index (Phi) is 2.46. The van der Waals surface area contributed by atoms with Crippen LogP contribution in [0.25, 0.3) is 0 Å². The molecule has 0 aromatic rings. The van der Waals surface area contributed by atoms with Gasteiger partial charge in [0.25, 0.3) is 0 Å². The van der Waals surface area contributed by atoms with Gasteiger partial charge in [-0.3, -0.25) is 0 Å². The SMILES string of the molecule is C=C1CCC2C3OC3CCC12C.CC. The highest BCUT2D eigenvalue weighted by Crippen LogP contribution is 2.60. The molecule has 0 N–H and O–H groups in total. The molecule has 1 heterocycles. The fraction of sp³-hybridized carbons (Fsp3) is 0.846. The molecule has 0 spiro atoms. The minimum atomic E-state index is 0.442. The summed E-state index contributed by atoms with van der Waals surface area (Å²) in [5.74, 6) is 0.809. The average Bonchev–Trinajstić information content (AvgIpc) is 2.92. The number of fused-ring (bicyclic) bond motifs is 3. The van der Waals surface area contributed by atoms with E-state index in [-0.39, 0.29) is 0 Å². The van der Waals surface area contributed by atoms with Crippen LogP contribution < -0.4 is 0 Å². The second kappa shape index (κ2) is 3.37. The molecule has 1 nitrogen and oxygen atoms in total. The van der Waals surface area contributed by atoms with Crippen molar-refractivity contribution in [1.82, 2.24) is 0 Å². The van der Waals surface area contributed by atoms with E-state index in [0.717, 1.165) is 5.92 Å². The summed E-state index contributed by atoms with van der Waals surface area (Å²) in [4.78, 5) is 0. The van der Waals surface area contributed by atoms with Crippen LogP contribution in [-0.4, -0.2) is 12.2 Å². The maximum Gasteiger partial charge on any atom is 0.0878 e. The van der Waals surface area contributed by atoms with Crippen LogP contribution in [0.2, 0.25) is 0 Å². The van der Waals surface area contributed by atoms with Gasteiger partial charge in [-0.1, -0.05) is 32.9 Å². The first-order valence-corrected chi connectivity index (χ1v) is 6.05. The van der Waals surface area contributed by atoms with Gasteiger partial charge in [0.15, 0.2) is 0 Å². The van der Waals surface area contributed by atoms with Crippen molar-refractivity contribution in [3.05, 3.63) is 12.2 Å². The van der Waals surface area contributed by atoms with Crippen LogP contribution in [0.3, 0.4) is 0 Å². The standard InChI is InChI=1S/C11H16O.C2H6/c1-7-3-4-8-10-9(12-10)5-6-11(7,8)2;1-2/h8-10H,1,3-6H2,2H3;1-2H3. The van der Waals surface area contributed by atoms with Crippen LogP contribution in [0.1, 0.15) is 46.5 Å². The maximum absolute atomic E-state index is 5.66. The summed E-state index contributed by atoms with van der Waals surface area (Å²) < 4.78 is 5.66. The summed E-state index contributed by atoms with van der Waals surface area (Å²) in [5.41, 5.74) is 1.93. The topological polar surface area (TPSA) is 12.5 Å². The molecule has 4 unspecified atom stereocenters. The number of epoxide rings is 1. The zero-order valence-electron chi connectivity index (χ0n) is 9.68. The quantitative estimate of drug-likeness (QED) is 0.424. The molecule has 0 amide bonds. The molecule has 1 saturated heterocycles. The Bertz CT molecular complexity index is 246. The summed E-state index contributed by atoms with van der Waals surface area (Å²) >= 11 is 0. The fourth-order valence-corrected chi connectivity index (χ4v) is 3.27. The van der Waals surface area contributed by atoms with Gasteiger partial charge in [0.05, 0.1) is 12.2 Å². The first-order valence-electron chi connectivity index (χ1n) is 6.05. The minimum Gasteiger partial charge on any atom is -0.369 e. The molecule has 0 bridgehead atoms. The van der Waals surface area contributed by atoms with Gasteiger partial charge in [0.2, 0.25) is 0 Å². The van der Waals surface area contributed by atoms with Crippen molar-refractivity contribution in [2.75, 3.05) is 0 Å². The minimum absolute atomic E-state index is 0.442. The lowest BCUT2D eigenvalue weighted by molar-refractivity contribution is 0.200. The number of ether oxygens (including phenoxy) is 1. The molecule has 3 fully saturated rings. The van der Waals surface area contributed by atoms with Gasteiger partial charge in [0, 0.05) is 0 Å². The monoisotopic (exact) mass is 194 g/mol. The number of rotatable bonds is 0. The number of hydrogen-bond acceptors (Lipinski definition) is 1. The normalized spacial score (nSPS) is 48.8. The predicted octanol–water partition coefficient (Wildman–Crippen LogP) is 3.55. The summed E-state index contributed by atoms with van der Waals surface area (Å²) in [7, 11) is 0. The van der Waals surface area contributed by atoms with Gasteiger partial charge < -0.3 is 4.74 Å². The Morgan fingerprint density at radius 3 is 2.79 bits per heavy atom. The van der Waals surface area contributed by atoms with Crippen molar-refractivity contribution in [2.45, 2.75) is 58.7 Å². The van der Waals surface area contributed by atoms with E-state index in [0.29, 0.717) is 17.6 Å². The Morgan fingerprint density at radius 2 is 2.07 bits per heavy atom. The van der Waals surface area contributed by atoms with Crippen LogP contribution in [0.15, 0.2) is 12.2 Å². The maximum atomic E-state index is 5.66. The first-order chi connectivity index (χ1) is 6.72. The Morgan fingerprint density at radius 1 is 1.36 bits per heavy atom. The van der Waals surface area contributed by atoms with Gasteiger partial charge in [0.1, 0.15) is 0 Å². The zero-order chi connectivity index (χ0) is 10.3. The lowest BCUT2D eigenvalue weighted by Crippen LogP contribution is -2.32. The predicted molar refractivity (Wildman–Crippen MR) is 59.2 cm³/mol. The molecule has 14 heavy (non-hydrogen) atoms. The molecular weight excluding hydrogens is 172 g/mol. The fourth-order valence-electron chi connectivity index (χ4n) is 3.27. The van der Waals surface area contributed by atoms with Crippen LogP contribution in [0.4, 0.5) is 0 Å². The van der Waals surface area contributed by atoms with Crippen molar-refractivity contribution < 1.29 is 4.74 Å². The second-order valence-electron chi connectivity index (χ2n) is 4.84. The first kappa shape index (κ1) is 10.2. The Balaban J connectivity index is 0.000000354. The van der Waals surface area contributed by atoms with E-state index in [4.69, 9.17) is 4.74 Å². The molecule has 0 aromatic carbocycles. The van der Waals surface area contributed by atoms with Gasteiger partial charge in [-0.2, -0.15) is 0 Å². The molecule has 80 valence electrons. The molecule has 2 aliphatic carbocycles. The molecule has 3 aliphatic rings. The molecule has 0 radical (unpaired) electrons. The van der Waals surface area contributed by atoms with Crippen molar-refractivity contribution >= 4 is 0 Å². The highest BCUT2D eigenvalue weighted by atomic mass is 16.6. The van der Waals surface area contributed by atoms with Gasteiger partial charge >= 0.3 is 0 Å². The second-order valence-corrected chi connectivity index (χ2v) is 4.84. The van der Waals surface area contributed by atoms with Crippen LogP contribution >= 0.6 is 0 Å². The van der Waals surface area contributed by atoms with Crippen LogP contribution in [0, 0.1) is 11.3 Å². The van der Waals surface area contributed by atoms with E-state index in [1.54, 1.807) is 0 Å². The highest BCUT2D eigenvalue weighted by molar-refractivity contribution is 5.22. The molecular formula is C13H22O. The lowest BCUT2D eigenvalue weighted by atomic mass is 9.68. The molecule has 3 rings (SSSR count). The molecule has 1 heteroatoms. The largest absolute Gasteiger partial charge is 0.369 e. The molecule has 1 aliphatic heterocycles. The Hall–Kier alpha value is -0.300. The molecule has 4 atom stereocenters. The third-order valence-corrected chi connectivity index (χ3v) is 4.35. The zero-order valence-corrected chi connectivity index (χ0v) is 9.68. The van der Waals surface area contributed by atoms with E-state index >= 15 is 0 Å².